The van der Waals surface area contributed by atoms with Gasteiger partial charge < -0.3 is 5.32 Å². The fraction of sp³-hybridized carbons (Fsp3) is 0.467. The van der Waals surface area contributed by atoms with Crippen LogP contribution in [0.5, 0.6) is 0 Å². The summed E-state index contributed by atoms with van der Waals surface area (Å²) in [5.41, 5.74) is 0.603. The molecule has 0 aliphatic carbocycles. The summed E-state index contributed by atoms with van der Waals surface area (Å²) in [4.78, 5) is 30.9. The van der Waals surface area contributed by atoms with E-state index < -0.39 is 5.41 Å². The van der Waals surface area contributed by atoms with E-state index in [0.29, 0.717) is 29.6 Å². The van der Waals surface area contributed by atoms with Crippen molar-refractivity contribution >= 4 is 11.7 Å². The molecular formula is C15H21N5O2. The maximum Gasteiger partial charge on any atom is 0.252 e. The highest BCUT2D eigenvalue weighted by Gasteiger charge is 2.23. The second-order valence-corrected chi connectivity index (χ2v) is 6.20. The number of aromatic amines is 1. The van der Waals surface area contributed by atoms with Crippen LogP contribution in [-0.4, -0.2) is 25.7 Å². The summed E-state index contributed by atoms with van der Waals surface area (Å²) < 4.78 is 1.44. The largest absolute Gasteiger partial charge is 0.310 e. The van der Waals surface area contributed by atoms with E-state index in [-0.39, 0.29) is 11.5 Å². The summed E-state index contributed by atoms with van der Waals surface area (Å²) in [5.74, 6) is 0.637. The number of nitrogens with one attached hydrogen (secondary N) is 2. The lowest BCUT2D eigenvalue weighted by molar-refractivity contribution is -0.123. The van der Waals surface area contributed by atoms with Crippen molar-refractivity contribution in [3.63, 3.8) is 0 Å². The van der Waals surface area contributed by atoms with E-state index in [4.69, 9.17) is 0 Å². The Balaban J connectivity index is 2.47. The molecule has 0 aliphatic rings. The average Bonchev–Trinajstić information content (AvgIpc) is 2.77. The molecule has 2 N–H and O–H groups in total. The van der Waals surface area contributed by atoms with E-state index >= 15 is 0 Å². The normalized spacial score (nSPS) is 11.5. The van der Waals surface area contributed by atoms with Crippen molar-refractivity contribution in [2.24, 2.45) is 5.41 Å². The molecule has 0 unspecified atom stereocenters. The van der Waals surface area contributed by atoms with Crippen molar-refractivity contribution in [2.75, 3.05) is 5.32 Å². The predicted molar refractivity (Wildman–Crippen MR) is 84.2 cm³/mol. The van der Waals surface area contributed by atoms with Gasteiger partial charge >= 0.3 is 0 Å². The number of rotatable bonds is 3. The van der Waals surface area contributed by atoms with Crippen molar-refractivity contribution in [3.05, 3.63) is 33.9 Å². The topological polar surface area (TPSA) is 92.7 Å². The van der Waals surface area contributed by atoms with E-state index in [9.17, 15) is 9.59 Å². The minimum atomic E-state index is -0.533. The smallest absolute Gasteiger partial charge is 0.252 e. The van der Waals surface area contributed by atoms with Gasteiger partial charge in [0.25, 0.3) is 5.56 Å². The molecule has 2 rings (SSSR count). The fourth-order valence-electron chi connectivity index (χ4n) is 1.83. The second-order valence-electron chi connectivity index (χ2n) is 6.20. The van der Waals surface area contributed by atoms with E-state index in [1.807, 2.05) is 34.6 Å². The summed E-state index contributed by atoms with van der Waals surface area (Å²) in [6, 6.07) is 3.19. The summed E-state index contributed by atoms with van der Waals surface area (Å²) >= 11 is 0. The van der Waals surface area contributed by atoms with E-state index in [0.717, 1.165) is 0 Å². The third-order valence-electron chi connectivity index (χ3n) is 3.10. The number of amides is 1. The Morgan fingerprint density at radius 1 is 1.36 bits per heavy atom. The second kappa shape index (κ2) is 5.75. The molecule has 1 amide bonds. The lowest BCUT2D eigenvalue weighted by Crippen LogP contribution is -2.29. The zero-order valence-electron chi connectivity index (χ0n) is 13.5. The summed E-state index contributed by atoms with van der Waals surface area (Å²) in [6.45, 7) is 9.21. The third-order valence-corrected chi connectivity index (χ3v) is 3.10. The number of H-pyrrole nitrogens is 1. The number of carbonyl (C=O) groups is 1. The SMILES string of the molecule is CCc1cc(=O)[nH]c(-n2nc(C)cc2NC(=O)C(C)(C)C)n1. The summed E-state index contributed by atoms with van der Waals surface area (Å²) in [6.07, 6.45) is 0.640. The van der Waals surface area contributed by atoms with Gasteiger partial charge in [-0.2, -0.15) is 9.78 Å². The molecule has 7 heteroatoms. The Morgan fingerprint density at radius 3 is 2.64 bits per heavy atom. The molecule has 22 heavy (non-hydrogen) atoms. The molecule has 0 saturated heterocycles. The van der Waals surface area contributed by atoms with Crippen molar-refractivity contribution in [2.45, 2.75) is 41.0 Å². The van der Waals surface area contributed by atoms with Gasteiger partial charge in [0.1, 0.15) is 5.82 Å². The van der Waals surface area contributed by atoms with Crippen LogP contribution in [0.25, 0.3) is 5.95 Å². The highest BCUT2D eigenvalue weighted by Crippen LogP contribution is 2.19. The van der Waals surface area contributed by atoms with Crippen molar-refractivity contribution < 1.29 is 4.79 Å². The molecule has 0 fully saturated rings. The molecule has 118 valence electrons. The van der Waals surface area contributed by atoms with Crippen LogP contribution in [0.2, 0.25) is 0 Å². The standard InChI is InChI=1S/C15H21N5O2/c1-6-10-8-12(21)18-14(16-10)20-11(7-9(2)19-20)17-13(22)15(3,4)5/h7-8H,6H2,1-5H3,(H,17,22)(H,16,18,21). The number of carbonyl (C=O) groups excluding carboxylic acids is 1. The van der Waals surface area contributed by atoms with Crippen LogP contribution in [0.1, 0.15) is 39.1 Å². The van der Waals surface area contributed by atoms with Gasteiger partial charge in [0, 0.05) is 23.2 Å². The van der Waals surface area contributed by atoms with Crippen LogP contribution in [0.3, 0.4) is 0 Å². The number of aromatic nitrogens is 4. The fourth-order valence-corrected chi connectivity index (χ4v) is 1.83. The molecule has 0 bridgehead atoms. The molecule has 7 nitrogen and oxygen atoms in total. The molecule has 2 heterocycles. The number of nitrogens with zero attached hydrogens (tertiary/aromatic N) is 3. The molecule has 0 spiro atoms. The molecule has 2 aromatic heterocycles. The van der Waals surface area contributed by atoms with Gasteiger partial charge in [-0.3, -0.25) is 14.6 Å². The van der Waals surface area contributed by atoms with Crippen molar-refractivity contribution in [1.82, 2.24) is 19.7 Å². The minimum Gasteiger partial charge on any atom is -0.310 e. The van der Waals surface area contributed by atoms with E-state index in [2.05, 4.69) is 20.4 Å². The highest BCUT2D eigenvalue weighted by molar-refractivity contribution is 5.94. The first-order valence-corrected chi connectivity index (χ1v) is 7.19. The monoisotopic (exact) mass is 303 g/mol. The van der Waals surface area contributed by atoms with Gasteiger partial charge in [0.2, 0.25) is 11.9 Å². The average molecular weight is 303 g/mol. The van der Waals surface area contributed by atoms with Gasteiger partial charge in [-0.05, 0) is 13.3 Å². The number of hydrogen-bond acceptors (Lipinski definition) is 4. The van der Waals surface area contributed by atoms with Crippen LogP contribution in [-0.2, 0) is 11.2 Å². The molecule has 0 aliphatic heterocycles. The van der Waals surface area contributed by atoms with Gasteiger partial charge in [-0.1, -0.05) is 27.7 Å². The highest BCUT2D eigenvalue weighted by atomic mass is 16.2. The minimum absolute atomic E-state index is 0.136. The lowest BCUT2D eigenvalue weighted by atomic mass is 9.96. The van der Waals surface area contributed by atoms with Crippen molar-refractivity contribution in [3.8, 4) is 5.95 Å². The summed E-state index contributed by atoms with van der Waals surface area (Å²) in [7, 11) is 0. The van der Waals surface area contributed by atoms with Gasteiger partial charge in [0.15, 0.2) is 0 Å². The first-order chi connectivity index (χ1) is 10.2. The van der Waals surface area contributed by atoms with Crippen molar-refractivity contribution in [1.29, 1.82) is 0 Å². The van der Waals surface area contributed by atoms with E-state index in [1.165, 1.54) is 10.7 Å². The molecule has 0 radical (unpaired) electrons. The maximum atomic E-state index is 12.2. The van der Waals surface area contributed by atoms with Crippen LogP contribution in [0, 0.1) is 12.3 Å². The Labute approximate surface area is 128 Å². The molecule has 0 aromatic carbocycles. The maximum absolute atomic E-state index is 12.2. The molecule has 0 atom stereocenters. The zero-order valence-corrected chi connectivity index (χ0v) is 13.5. The number of aryl methyl sites for hydroxylation is 2. The Hall–Kier alpha value is -2.44. The van der Waals surface area contributed by atoms with Gasteiger partial charge in [0.05, 0.1) is 5.69 Å². The zero-order chi connectivity index (χ0) is 16.5. The number of hydrogen-bond donors (Lipinski definition) is 2. The third kappa shape index (κ3) is 3.41. The molecule has 2 aromatic rings. The predicted octanol–water partition coefficient (Wildman–Crippen LogP) is 1.81. The van der Waals surface area contributed by atoms with Crippen LogP contribution in [0.4, 0.5) is 5.82 Å². The molecule has 0 saturated carbocycles. The Morgan fingerprint density at radius 2 is 2.05 bits per heavy atom. The number of anilines is 1. The Kier molecular flexibility index (Phi) is 4.16. The Bertz CT molecular complexity index is 752. The lowest BCUT2D eigenvalue weighted by Gasteiger charge is -2.17. The summed E-state index contributed by atoms with van der Waals surface area (Å²) in [5, 5.41) is 7.13. The van der Waals surface area contributed by atoms with Gasteiger partial charge in [-0.25, -0.2) is 4.98 Å². The van der Waals surface area contributed by atoms with E-state index in [1.54, 1.807) is 6.07 Å². The van der Waals surface area contributed by atoms with Crippen LogP contribution >= 0.6 is 0 Å². The molecular weight excluding hydrogens is 282 g/mol. The first kappa shape index (κ1) is 15.9. The van der Waals surface area contributed by atoms with Gasteiger partial charge in [-0.15, -0.1) is 0 Å². The van der Waals surface area contributed by atoms with Crippen LogP contribution < -0.4 is 10.9 Å². The van der Waals surface area contributed by atoms with Crippen LogP contribution in [0.15, 0.2) is 16.9 Å². The first-order valence-electron chi connectivity index (χ1n) is 7.19. The quantitative estimate of drug-likeness (QED) is 0.904.